The molecule has 1 aromatic carbocycles. The minimum absolute atomic E-state index is 0.00356. The molecule has 1 fully saturated rings. The van der Waals surface area contributed by atoms with Crippen molar-refractivity contribution in [3.05, 3.63) is 35.9 Å². The van der Waals surface area contributed by atoms with Gasteiger partial charge < -0.3 is 32.1 Å². The van der Waals surface area contributed by atoms with E-state index >= 15 is 0 Å². The lowest BCUT2D eigenvalue weighted by Crippen LogP contribution is -2.50. The quantitative estimate of drug-likeness (QED) is 0.279. The van der Waals surface area contributed by atoms with Crippen LogP contribution in [0.3, 0.4) is 0 Å². The maximum Gasteiger partial charge on any atom is 0.323 e. The molecule has 0 aromatic heterocycles. The molecule has 1 aliphatic rings. The van der Waals surface area contributed by atoms with Crippen LogP contribution >= 0.6 is 0 Å². The molecule has 10 nitrogen and oxygen atoms in total. The van der Waals surface area contributed by atoms with Gasteiger partial charge in [0.05, 0.1) is 12.6 Å². The minimum atomic E-state index is -1.17. The van der Waals surface area contributed by atoms with E-state index in [4.69, 9.17) is 16.6 Å². The summed E-state index contributed by atoms with van der Waals surface area (Å²) in [5.41, 5.74) is 12.5. The third kappa shape index (κ3) is 9.19. The van der Waals surface area contributed by atoms with Gasteiger partial charge in [-0.3, -0.25) is 19.2 Å². The number of nitrogens with one attached hydrogen (secondary N) is 2. The predicted molar refractivity (Wildman–Crippen MR) is 123 cm³/mol. The average molecular weight is 462 g/mol. The summed E-state index contributed by atoms with van der Waals surface area (Å²) >= 11 is 0. The molecule has 10 heteroatoms. The fraction of sp³-hybridized carbons (Fsp3) is 0.565. The molecule has 0 spiro atoms. The first-order valence-electron chi connectivity index (χ1n) is 11.3. The minimum Gasteiger partial charge on any atom is -0.480 e. The van der Waals surface area contributed by atoms with Crippen LogP contribution in [0.4, 0.5) is 0 Å². The van der Waals surface area contributed by atoms with Gasteiger partial charge in [0, 0.05) is 19.0 Å². The van der Waals surface area contributed by atoms with Crippen molar-refractivity contribution >= 4 is 23.7 Å². The normalized spacial score (nSPS) is 18.7. The number of aliphatic carboxylic acids is 1. The van der Waals surface area contributed by atoms with Crippen molar-refractivity contribution in [1.82, 2.24) is 15.5 Å². The first kappa shape index (κ1) is 26.3. The van der Waals surface area contributed by atoms with Gasteiger partial charge in [0.25, 0.3) is 0 Å². The van der Waals surface area contributed by atoms with E-state index in [2.05, 4.69) is 10.6 Å². The van der Waals surface area contributed by atoms with E-state index in [0.717, 1.165) is 36.1 Å². The highest BCUT2D eigenvalue weighted by molar-refractivity contribution is 5.86. The number of hydrogen-bond donors (Lipinski definition) is 5. The van der Waals surface area contributed by atoms with Crippen LogP contribution in [-0.4, -0.2) is 72.5 Å². The van der Waals surface area contributed by atoms with Crippen molar-refractivity contribution in [2.75, 3.05) is 32.7 Å². The van der Waals surface area contributed by atoms with Gasteiger partial charge in [0.1, 0.15) is 6.54 Å². The van der Waals surface area contributed by atoms with Gasteiger partial charge in [-0.05, 0) is 50.1 Å². The Balaban J connectivity index is 1.75. The van der Waals surface area contributed by atoms with Crippen LogP contribution in [0.2, 0.25) is 0 Å². The lowest BCUT2D eigenvalue weighted by Gasteiger charge is -2.26. The molecule has 1 saturated carbocycles. The monoisotopic (exact) mass is 461 g/mol. The van der Waals surface area contributed by atoms with Crippen LogP contribution < -0.4 is 22.1 Å². The molecule has 0 heterocycles. The SMILES string of the molecule is NCC1CCC(C(=O)NCC(=O)NCCN(CC(=O)O)C(=O)[C@@H](N)Cc2ccccc2)CC1. The van der Waals surface area contributed by atoms with Crippen molar-refractivity contribution in [1.29, 1.82) is 0 Å². The first-order chi connectivity index (χ1) is 15.8. The molecule has 0 saturated heterocycles. The van der Waals surface area contributed by atoms with Crippen molar-refractivity contribution in [3.8, 4) is 0 Å². The molecule has 2 rings (SSSR count). The van der Waals surface area contributed by atoms with Crippen LogP contribution in [0, 0.1) is 11.8 Å². The van der Waals surface area contributed by atoms with E-state index < -0.39 is 30.4 Å². The Morgan fingerprint density at radius 3 is 2.33 bits per heavy atom. The van der Waals surface area contributed by atoms with E-state index in [-0.39, 0.29) is 37.9 Å². The third-order valence-corrected chi connectivity index (χ3v) is 5.93. The molecule has 33 heavy (non-hydrogen) atoms. The van der Waals surface area contributed by atoms with Gasteiger partial charge in [0.2, 0.25) is 17.7 Å². The van der Waals surface area contributed by atoms with Gasteiger partial charge in [-0.25, -0.2) is 0 Å². The standard InChI is InChI=1S/C23H35N5O5/c24-13-17-6-8-18(9-7-17)22(32)27-14-20(29)26-10-11-28(15-21(30)31)23(33)19(25)12-16-4-2-1-3-5-16/h1-5,17-19H,6-15,24-25H2,(H,26,29)(H,27,32)(H,30,31)/t17?,18?,19-/m0/s1. The summed E-state index contributed by atoms with van der Waals surface area (Å²) in [7, 11) is 0. The molecule has 3 amide bonds. The number of carbonyl (C=O) groups is 4. The summed E-state index contributed by atoms with van der Waals surface area (Å²) in [6.07, 6.45) is 3.65. The van der Waals surface area contributed by atoms with Crippen molar-refractivity contribution in [2.45, 2.75) is 38.1 Å². The number of carbonyl (C=O) groups excluding carboxylic acids is 3. The average Bonchev–Trinajstić information content (AvgIpc) is 2.81. The maximum absolute atomic E-state index is 12.7. The summed E-state index contributed by atoms with van der Waals surface area (Å²) in [4.78, 5) is 49.3. The molecule has 182 valence electrons. The van der Waals surface area contributed by atoms with E-state index in [1.54, 1.807) is 0 Å². The summed E-state index contributed by atoms with van der Waals surface area (Å²) in [5, 5.41) is 14.4. The highest BCUT2D eigenvalue weighted by Gasteiger charge is 2.26. The largest absolute Gasteiger partial charge is 0.480 e. The molecule has 1 atom stereocenters. The number of nitrogens with zero attached hydrogens (tertiary/aromatic N) is 1. The van der Waals surface area contributed by atoms with Crippen LogP contribution in [0.1, 0.15) is 31.2 Å². The van der Waals surface area contributed by atoms with Crippen LogP contribution in [-0.2, 0) is 25.6 Å². The zero-order chi connectivity index (χ0) is 24.2. The summed E-state index contributed by atoms with van der Waals surface area (Å²) in [6.45, 7) is -0.00540. The molecule has 0 bridgehead atoms. The van der Waals surface area contributed by atoms with Gasteiger partial charge >= 0.3 is 5.97 Å². The topological polar surface area (TPSA) is 168 Å². The molecule has 0 unspecified atom stereocenters. The lowest BCUT2D eigenvalue weighted by atomic mass is 9.81. The van der Waals surface area contributed by atoms with Gasteiger partial charge in [-0.2, -0.15) is 0 Å². The molecule has 0 radical (unpaired) electrons. The van der Waals surface area contributed by atoms with E-state index in [9.17, 15) is 19.2 Å². The molecule has 0 aliphatic heterocycles. The molecule has 7 N–H and O–H groups in total. The fourth-order valence-electron chi connectivity index (χ4n) is 3.99. The third-order valence-electron chi connectivity index (χ3n) is 5.93. The first-order valence-corrected chi connectivity index (χ1v) is 11.3. The Hall–Kier alpha value is -2.98. The van der Waals surface area contributed by atoms with Crippen LogP contribution in [0.5, 0.6) is 0 Å². The van der Waals surface area contributed by atoms with Gasteiger partial charge in [-0.15, -0.1) is 0 Å². The number of hydrogen-bond acceptors (Lipinski definition) is 6. The summed E-state index contributed by atoms with van der Waals surface area (Å²) < 4.78 is 0. The van der Waals surface area contributed by atoms with Crippen molar-refractivity contribution in [2.24, 2.45) is 23.3 Å². The molecular formula is C23H35N5O5. The second kappa shape index (κ2) is 13.5. The lowest BCUT2D eigenvalue weighted by molar-refractivity contribution is -0.145. The predicted octanol–water partition coefficient (Wildman–Crippen LogP) is -0.533. The smallest absolute Gasteiger partial charge is 0.323 e. The van der Waals surface area contributed by atoms with Gasteiger partial charge in [0.15, 0.2) is 0 Å². The van der Waals surface area contributed by atoms with Crippen LogP contribution in [0.25, 0.3) is 0 Å². The Morgan fingerprint density at radius 2 is 1.73 bits per heavy atom. The second-order valence-corrected chi connectivity index (χ2v) is 8.47. The number of rotatable bonds is 12. The summed E-state index contributed by atoms with van der Waals surface area (Å²) in [5.74, 6) is -1.86. The highest BCUT2D eigenvalue weighted by atomic mass is 16.4. The zero-order valence-corrected chi connectivity index (χ0v) is 18.9. The van der Waals surface area contributed by atoms with Crippen molar-refractivity contribution in [3.63, 3.8) is 0 Å². The van der Waals surface area contributed by atoms with E-state index in [1.807, 2.05) is 30.3 Å². The molecular weight excluding hydrogens is 426 g/mol. The maximum atomic E-state index is 12.7. The Labute approximate surface area is 194 Å². The number of nitrogens with two attached hydrogens (primary N) is 2. The second-order valence-electron chi connectivity index (χ2n) is 8.47. The zero-order valence-electron chi connectivity index (χ0n) is 18.9. The summed E-state index contributed by atoms with van der Waals surface area (Å²) in [6, 6.07) is 8.31. The van der Waals surface area contributed by atoms with E-state index in [1.165, 1.54) is 0 Å². The highest BCUT2D eigenvalue weighted by Crippen LogP contribution is 2.28. The molecule has 1 aromatic rings. The number of amides is 3. The van der Waals surface area contributed by atoms with Crippen LogP contribution in [0.15, 0.2) is 30.3 Å². The molecule has 1 aliphatic carbocycles. The van der Waals surface area contributed by atoms with Crippen molar-refractivity contribution < 1.29 is 24.3 Å². The van der Waals surface area contributed by atoms with E-state index in [0.29, 0.717) is 12.5 Å². The number of carboxylic acid groups (broad SMARTS) is 1. The number of carboxylic acids is 1. The number of benzene rings is 1. The Bertz CT molecular complexity index is 796. The van der Waals surface area contributed by atoms with Gasteiger partial charge in [-0.1, -0.05) is 30.3 Å². The Kier molecular flexibility index (Phi) is 10.8. The Morgan fingerprint density at radius 1 is 1.06 bits per heavy atom. The fourth-order valence-corrected chi connectivity index (χ4v) is 3.99.